The van der Waals surface area contributed by atoms with E-state index in [1.807, 2.05) is 55.5 Å². The molecule has 0 bridgehead atoms. The van der Waals surface area contributed by atoms with Crippen LogP contribution >= 0.6 is 11.6 Å². The Morgan fingerprint density at radius 1 is 1.05 bits per heavy atom. The van der Waals surface area contributed by atoms with E-state index in [0.29, 0.717) is 28.9 Å². The molecule has 0 aliphatic rings. The highest BCUT2D eigenvalue weighted by molar-refractivity contribution is 7.84. The summed E-state index contributed by atoms with van der Waals surface area (Å²) in [5.41, 5.74) is 3.38. The molecule has 0 aliphatic heterocycles. The zero-order chi connectivity index (χ0) is 29.5. The van der Waals surface area contributed by atoms with Gasteiger partial charge in [0, 0.05) is 40.3 Å². The Morgan fingerprint density at radius 3 is 2.71 bits per heavy atom. The minimum atomic E-state index is -0.866. The fraction of sp³-hybridized carbons (Fsp3) is 0.250. The summed E-state index contributed by atoms with van der Waals surface area (Å²) in [4.78, 5) is 8.91. The minimum Gasteiger partial charge on any atom is -0.487 e. The fourth-order valence-corrected chi connectivity index (χ4v) is 5.49. The normalized spacial score (nSPS) is 12.8. The number of fused-ring (bicyclic) bond motifs is 1. The molecule has 0 amide bonds. The third-order valence-electron chi connectivity index (χ3n) is 6.77. The lowest BCUT2D eigenvalue weighted by molar-refractivity contribution is 0.305. The van der Waals surface area contributed by atoms with Gasteiger partial charge < -0.3 is 19.8 Å². The molecule has 0 fully saturated rings. The Morgan fingerprint density at radius 2 is 1.93 bits per heavy atom. The first-order valence-electron chi connectivity index (χ1n) is 13.7. The maximum absolute atomic E-state index is 13.4. The van der Waals surface area contributed by atoms with E-state index in [-0.39, 0.29) is 18.5 Å². The zero-order valence-electron chi connectivity index (χ0n) is 23.4. The molecule has 7 nitrogen and oxygen atoms in total. The van der Waals surface area contributed by atoms with Crippen LogP contribution in [0.1, 0.15) is 36.3 Å². The van der Waals surface area contributed by atoms with Crippen molar-refractivity contribution in [2.24, 2.45) is 0 Å². The minimum absolute atomic E-state index is 0.00128. The van der Waals surface area contributed by atoms with Crippen LogP contribution in [0.4, 0.5) is 10.2 Å². The van der Waals surface area contributed by atoms with E-state index in [1.54, 1.807) is 18.4 Å². The van der Waals surface area contributed by atoms with E-state index >= 15 is 0 Å². The molecule has 3 aromatic carbocycles. The van der Waals surface area contributed by atoms with Crippen LogP contribution < -0.4 is 15.4 Å². The second-order valence-corrected chi connectivity index (χ2v) is 11.8. The number of rotatable bonds is 13. The molecule has 2 N–H and O–H groups in total. The van der Waals surface area contributed by atoms with Crippen LogP contribution in [0.2, 0.25) is 5.02 Å². The largest absolute Gasteiger partial charge is 0.487 e. The molecule has 2 heterocycles. The lowest BCUT2D eigenvalue weighted by Crippen LogP contribution is -2.22. The predicted octanol–water partition coefficient (Wildman–Crippen LogP) is 7.29. The van der Waals surface area contributed by atoms with Gasteiger partial charge in [0.25, 0.3) is 0 Å². The molecule has 0 spiro atoms. The van der Waals surface area contributed by atoms with Crippen LogP contribution in [0.5, 0.6) is 5.75 Å². The molecule has 5 aromatic rings. The van der Waals surface area contributed by atoms with Gasteiger partial charge >= 0.3 is 0 Å². The maximum Gasteiger partial charge on any atom is 0.138 e. The van der Waals surface area contributed by atoms with E-state index in [1.165, 1.54) is 18.5 Å². The molecule has 0 radical (unpaired) electrons. The van der Waals surface area contributed by atoms with Crippen molar-refractivity contribution in [1.29, 1.82) is 0 Å². The third-order valence-corrected chi connectivity index (χ3v) is 7.88. The van der Waals surface area contributed by atoms with E-state index in [4.69, 9.17) is 20.8 Å². The van der Waals surface area contributed by atoms with Crippen LogP contribution in [0.3, 0.4) is 0 Å². The first-order valence-corrected chi connectivity index (χ1v) is 15.8. The monoisotopic (exact) mass is 606 g/mol. The molecule has 2 aromatic heterocycles. The van der Waals surface area contributed by atoms with Gasteiger partial charge in [0.2, 0.25) is 0 Å². The maximum atomic E-state index is 13.4. The number of aromatic nitrogens is 2. The highest BCUT2D eigenvalue weighted by Crippen LogP contribution is 2.31. The molecule has 42 heavy (non-hydrogen) atoms. The van der Waals surface area contributed by atoms with E-state index < -0.39 is 10.8 Å². The predicted molar refractivity (Wildman–Crippen MR) is 167 cm³/mol. The van der Waals surface area contributed by atoms with Crippen molar-refractivity contribution in [3.63, 3.8) is 0 Å². The number of hydrogen-bond donors (Lipinski definition) is 2. The Kier molecular flexibility index (Phi) is 9.84. The topological polar surface area (TPSA) is 89.3 Å². The van der Waals surface area contributed by atoms with Gasteiger partial charge in [-0.15, -0.1) is 0 Å². The van der Waals surface area contributed by atoms with Gasteiger partial charge in [-0.25, -0.2) is 14.4 Å². The van der Waals surface area contributed by atoms with Crippen molar-refractivity contribution >= 4 is 39.1 Å². The smallest absolute Gasteiger partial charge is 0.138 e. The fourth-order valence-electron chi connectivity index (χ4n) is 4.67. The van der Waals surface area contributed by atoms with Crippen molar-refractivity contribution in [1.82, 2.24) is 15.3 Å². The Bertz CT molecular complexity index is 1700. The summed E-state index contributed by atoms with van der Waals surface area (Å²) in [5, 5.41) is 8.15. The van der Waals surface area contributed by atoms with Crippen molar-refractivity contribution in [2.45, 2.75) is 32.5 Å². The lowest BCUT2D eigenvalue weighted by Gasteiger charge is -2.14. The first-order chi connectivity index (χ1) is 20.4. The molecule has 10 heteroatoms. The molecule has 218 valence electrons. The molecule has 5 rings (SSSR count). The van der Waals surface area contributed by atoms with Gasteiger partial charge in [0.05, 0.1) is 16.6 Å². The number of furan rings is 1. The molecule has 2 atom stereocenters. The average molecular weight is 607 g/mol. The van der Waals surface area contributed by atoms with Gasteiger partial charge in [0.15, 0.2) is 0 Å². The molecule has 0 saturated carbocycles. The Hall–Kier alpha value is -3.79. The summed E-state index contributed by atoms with van der Waals surface area (Å²) in [6, 6.07) is 21.7. The number of halogens is 2. The number of hydrogen-bond acceptors (Lipinski definition) is 7. The summed E-state index contributed by atoms with van der Waals surface area (Å²) < 4.78 is 37.1. The van der Waals surface area contributed by atoms with E-state index in [2.05, 4.69) is 20.6 Å². The summed E-state index contributed by atoms with van der Waals surface area (Å²) in [6.45, 7) is 3.53. The number of ether oxygens (including phenoxy) is 1. The van der Waals surface area contributed by atoms with Gasteiger partial charge in [-0.3, -0.25) is 4.21 Å². The molecule has 0 aliphatic carbocycles. The third kappa shape index (κ3) is 7.53. The number of benzene rings is 3. The van der Waals surface area contributed by atoms with Gasteiger partial charge in [0.1, 0.15) is 41.8 Å². The number of nitrogens with zero attached hydrogens (tertiary/aromatic N) is 2. The van der Waals surface area contributed by atoms with Crippen molar-refractivity contribution < 1.29 is 17.8 Å². The SMILES string of the molecule is CCNC(CCS(C)=O)c1ccc(-c2ccc3ncnc(NCc4ccc(OCc5cccc(F)c5)c(Cl)c4)c3c2)o1. The van der Waals surface area contributed by atoms with Crippen LogP contribution in [0.25, 0.3) is 22.2 Å². The second-order valence-electron chi connectivity index (χ2n) is 9.87. The number of nitrogens with one attached hydrogen (secondary N) is 2. The molecular formula is C32H32ClFN4O3S. The van der Waals surface area contributed by atoms with E-state index in [9.17, 15) is 8.60 Å². The van der Waals surface area contributed by atoms with Gasteiger partial charge in [-0.2, -0.15) is 0 Å². The lowest BCUT2D eigenvalue weighted by atomic mass is 10.1. The average Bonchev–Trinajstić information content (AvgIpc) is 3.48. The highest BCUT2D eigenvalue weighted by atomic mass is 35.5. The molecule has 0 saturated heterocycles. The van der Waals surface area contributed by atoms with Crippen LogP contribution in [0, 0.1) is 5.82 Å². The summed E-state index contributed by atoms with van der Waals surface area (Å²) in [6.07, 6.45) is 3.98. The summed E-state index contributed by atoms with van der Waals surface area (Å²) >= 11 is 6.49. The quantitative estimate of drug-likeness (QED) is 0.145. The molecular weight excluding hydrogens is 575 g/mol. The number of anilines is 1. The molecule has 2 unspecified atom stereocenters. The van der Waals surface area contributed by atoms with Crippen molar-refractivity contribution in [3.8, 4) is 17.1 Å². The Balaban J connectivity index is 1.29. The van der Waals surface area contributed by atoms with Crippen molar-refractivity contribution in [3.05, 3.63) is 107 Å². The van der Waals surface area contributed by atoms with Gasteiger partial charge in [-0.1, -0.05) is 36.7 Å². The summed E-state index contributed by atoms with van der Waals surface area (Å²) in [5.74, 6) is 3.07. The first kappa shape index (κ1) is 29.7. The van der Waals surface area contributed by atoms with Crippen molar-refractivity contribution in [2.75, 3.05) is 23.9 Å². The van der Waals surface area contributed by atoms with Crippen LogP contribution in [0.15, 0.2) is 83.5 Å². The zero-order valence-corrected chi connectivity index (χ0v) is 25.0. The highest BCUT2D eigenvalue weighted by Gasteiger charge is 2.17. The van der Waals surface area contributed by atoms with Crippen LogP contribution in [-0.4, -0.2) is 32.7 Å². The van der Waals surface area contributed by atoms with E-state index in [0.717, 1.165) is 52.1 Å². The van der Waals surface area contributed by atoms with Crippen LogP contribution in [-0.2, 0) is 24.0 Å². The summed E-state index contributed by atoms with van der Waals surface area (Å²) in [7, 11) is -0.866. The second kappa shape index (κ2) is 13.9. The Labute approximate surface area is 251 Å². The standard InChI is InChI=1S/C32H32ClFN4O3S/c1-3-35-28(13-14-42(2)39)31-12-11-29(41-31)23-8-9-27-25(17-23)32(38-20-37-27)36-18-21-7-10-30(26(33)16-21)40-19-22-5-4-6-24(34)15-22/h4-12,15-17,20,28,35H,3,13-14,18-19H2,1-2H3,(H,36,37,38). The van der Waals surface area contributed by atoms with Gasteiger partial charge in [-0.05, 0) is 78.7 Å².